The molecule has 1 aromatic rings. The third-order valence-electron chi connectivity index (χ3n) is 4.02. The molecule has 1 amide bonds. The molecule has 126 valence electrons. The van der Waals surface area contributed by atoms with Crippen molar-refractivity contribution in [1.29, 1.82) is 0 Å². The first-order chi connectivity index (χ1) is 10.7. The van der Waals surface area contributed by atoms with Gasteiger partial charge in [0.05, 0.1) is 18.7 Å². The number of esters is 1. The monoisotopic (exact) mass is 319 g/mol. The first kappa shape index (κ1) is 17.3. The van der Waals surface area contributed by atoms with Crippen molar-refractivity contribution in [2.75, 3.05) is 13.7 Å². The van der Waals surface area contributed by atoms with Crippen LogP contribution in [0, 0.1) is 6.92 Å². The third kappa shape index (κ3) is 3.84. The lowest BCUT2D eigenvalue weighted by Gasteiger charge is -2.29. The Morgan fingerprint density at radius 1 is 1.26 bits per heavy atom. The van der Waals surface area contributed by atoms with E-state index in [1.807, 2.05) is 39.8 Å². The highest BCUT2D eigenvalue weighted by atomic mass is 16.6. The first-order valence-electron chi connectivity index (χ1n) is 7.92. The summed E-state index contributed by atoms with van der Waals surface area (Å²) in [5.74, 6) is -0.355. The highest BCUT2D eigenvalue weighted by Crippen LogP contribution is 2.35. The number of likely N-dealkylation sites (tertiary alicyclic amines) is 1. The summed E-state index contributed by atoms with van der Waals surface area (Å²) >= 11 is 0. The van der Waals surface area contributed by atoms with Gasteiger partial charge in [-0.15, -0.1) is 0 Å². The fourth-order valence-electron chi connectivity index (χ4n) is 2.97. The summed E-state index contributed by atoms with van der Waals surface area (Å²) in [6, 6.07) is 5.49. The molecule has 1 aromatic carbocycles. The number of methoxy groups -OCH3 is 1. The van der Waals surface area contributed by atoms with Crippen LogP contribution in [0.5, 0.6) is 0 Å². The van der Waals surface area contributed by atoms with Gasteiger partial charge in [-0.25, -0.2) is 9.59 Å². The van der Waals surface area contributed by atoms with Crippen LogP contribution in [0.2, 0.25) is 0 Å². The average molecular weight is 319 g/mol. The van der Waals surface area contributed by atoms with Crippen LogP contribution in [0.25, 0.3) is 0 Å². The summed E-state index contributed by atoms with van der Waals surface area (Å²) in [7, 11) is 1.37. The molecule has 0 N–H and O–H groups in total. The molecule has 2 rings (SSSR count). The van der Waals surface area contributed by atoms with Crippen molar-refractivity contribution in [3.8, 4) is 0 Å². The van der Waals surface area contributed by atoms with Crippen LogP contribution in [0.4, 0.5) is 4.79 Å². The van der Waals surface area contributed by atoms with Crippen molar-refractivity contribution in [2.45, 2.75) is 52.2 Å². The highest BCUT2D eigenvalue weighted by Gasteiger charge is 2.34. The van der Waals surface area contributed by atoms with Crippen molar-refractivity contribution in [2.24, 2.45) is 0 Å². The van der Waals surface area contributed by atoms with Gasteiger partial charge >= 0.3 is 12.1 Å². The van der Waals surface area contributed by atoms with Crippen LogP contribution in [-0.2, 0) is 9.47 Å². The van der Waals surface area contributed by atoms with Gasteiger partial charge in [-0.1, -0.05) is 12.1 Å². The number of rotatable bonds is 2. The second-order valence-electron chi connectivity index (χ2n) is 6.84. The Kier molecular flexibility index (Phi) is 4.97. The van der Waals surface area contributed by atoms with E-state index in [1.54, 1.807) is 11.0 Å². The molecule has 0 spiro atoms. The second-order valence-corrected chi connectivity index (χ2v) is 6.84. The number of amides is 1. The number of nitrogens with zero attached hydrogens (tertiary/aromatic N) is 1. The largest absolute Gasteiger partial charge is 0.465 e. The Bertz CT molecular complexity index is 604. The smallest absolute Gasteiger partial charge is 0.410 e. The molecule has 0 aliphatic carbocycles. The fraction of sp³-hybridized carbons (Fsp3) is 0.556. The van der Waals surface area contributed by atoms with E-state index in [9.17, 15) is 9.59 Å². The number of hydrogen-bond acceptors (Lipinski definition) is 4. The van der Waals surface area contributed by atoms with Crippen molar-refractivity contribution in [3.05, 3.63) is 34.9 Å². The Morgan fingerprint density at radius 3 is 2.57 bits per heavy atom. The molecule has 5 nitrogen and oxygen atoms in total. The maximum absolute atomic E-state index is 12.4. The van der Waals surface area contributed by atoms with Gasteiger partial charge in [-0.2, -0.15) is 0 Å². The molecule has 0 unspecified atom stereocenters. The molecular formula is C18H25NO4. The number of ether oxygens (including phenoxy) is 2. The zero-order valence-corrected chi connectivity index (χ0v) is 14.5. The standard InChI is InChI=1S/C18H25NO4/c1-12-13(8-6-9-14(12)16(20)22-5)15-10-7-11-19(15)17(21)23-18(2,3)4/h6,8-9,15H,7,10-11H2,1-5H3/t15-/m0/s1. The molecular weight excluding hydrogens is 294 g/mol. The van der Waals surface area contributed by atoms with Crippen LogP contribution in [0.1, 0.15) is 61.1 Å². The molecule has 1 saturated heterocycles. The predicted molar refractivity (Wildman–Crippen MR) is 87.4 cm³/mol. The highest BCUT2D eigenvalue weighted by molar-refractivity contribution is 5.91. The topological polar surface area (TPSA) is 55.8 Å². The molecule has 0 radical (unpaired) electrons. The van der Waals surface area contributed by atoms with Crippen molar-refractivity contribution in [1.82, 2.24) is 4.90 Å². The first-order valence-corrected chi connectivity index (χ1v) is 7.92. The van der Waals surface area contributed by atoms with E-state index < -0.39 is 5.60 Å². The Hall–Kier alpha value is -2.04. The molecule has 1 fully saturated rings. The van der Waals surface area contributed by atoms with E-state index in [4.69, 9.17) is 9.47 Å². The van der Waals surface area contributed by atoms with Gasteiger partial charge in [0, 0.05) is 6.54 Å². The molecule has 1 heterocycles. The molecule has 5 heteroatoms. The van der Waals surface area contributed by atoms with E-state index in [0.29, 0.717) is 12.1 Å². The number of carbonyl (C=O) groups is 2. The van der Waals surface area contributed by atoms with Crippen LogP contribution in [0.3, 0.4) is 0 Å². The van der Waals surface area contributed by atoms with E-state index in [2.05, 4.69) is 0 Å². The maximum atomic E-state index is 12.4. The van der Waals surface area contributed by atoms with Crippen LogP contribution < -0.4 is 0 Å². The van der Waals surface area contributed by atoms with E-state index >= 15 is 0 Å². The Balaban J connectivity index is 2.30. The summed E-state index contributed by atoms with van der Waals surface area (Å²) in [4.78, 5) is 26.1. The van der Waals surface area contributed by atoms with Gasteiger partial charge in [0.25, 0.3) is 0 Å². The molecule has 0 bridgehead atoms. The van der Waals surface area contributed by atoms with Gasteiger partial charge < -0.3 is 14.4 Å². The minimum atomic E-state index is -0.521. The van der Waals surface area contributed by atoms with Crippen LogP contribution >= 0.6 is 0 Å². The van der Waals surface area contributed by atoms with Crippen molar-refractivity contribution < 1.29 is 19.1 Å². The minimum absolute atomic E-state index is 0.0607. The number of carbonyl (C=O) groups excluding carboxylic acids is 2. The molecule has 1 aliphatic heterocycles. The maximum Gasteiger partial charge on any atom is 0.410 e. The zero-order chi connectivity index (χ0) is 17.2. The lowest BCUT2D eigenvalue weighted by atomic mass is 9.95. The third-order valence-corrected chi connectivity index (χ3v) is 4.02. The zero-order valence-electron chi connectivity index (χ0n) is 14.5. The predicted octanol–water partition coefficient (Wildman–Crippen LogP) is 3.85. The van der Waals surface area contributed by atoms with Crippen molar-refractivity contribution in [3.63, 3.8) is 0 Å². The summed E-state index contributed by atoms with van der Waals surface area (Å²) in [5, 5.41) is 0. The quantitative estimate of drug-likeness (QED) is 0.777. The lowest BCUT2D eigenvalue weighted by molar-refractivity contribution is 0.0224. The minimum Gasteiger partial charge on any atom is -0.465 e. The summed E-state index contributed by atoms with van der Waals surface area (Å²) in [5.41, 5.74) is 1.87. The molecule has 1 aliphatic rings. The average Bonchev–Trinajstić information content (AvgIpc) is 2.94. The Morgan fingerprint density at radius 2 is 1.96 bits per heavy atom. The normalized spacial score (nSPS) is 18.0. The summed E-state index contributed by atoms with van der Waals surface area (Å²) in [6.07, 6.45) is 1.49. The van der Waals surface area contributed by atoms with Gasteiger partial charge in [-0.05, 0) is 57.7 Å². The lowest BCUT2D eigenvalue weighted by Crippen LogP contribution is -2.36. The second kappa shape index (κ2) is 6.60. The molecule has 0 saturated carbocycles. The number of benzene rings is 1. The van der Waals surface area contributed by atoms with E-state index in [0.717, 1.165) is 24.0 Å². The van der Waals surface area contributed by atoms with Gasteiger partial charge in [-0.3, -0.25) is 0 Å². The summed E-state index contributed by atoms with van der Waals surface area (Å²) < 4.78 is 10.3. The fourth-order valence-corrected chi connectivity index (χ4v) is 2.97. The molecule has 23 heavy (non-hydrogen) atoms. The molecule has 1 atom stereocenters. The van der Waals surface area contributed by atoms with Gasteiger partial charge in [0.2, 0.25) is 0 Å². The van der Waals surface area contributed by atoms with E-state index in [-0.39, 0.29) is 18.1 Å². The van der Waals surface area contributed by atoms with Crippen LogP contribution in [-0.4, -0.2) is 36.2 Å². The molecule has 0 aromatic heterocycles. The number of hydrogen-bond donors (Lipinski definition) is 0. The van der Waals surface area contributed by atoms with Crippen molar-refractivity contribution >= 4 is 12.1 Å². The van der Waals surface area contributed by atoms with E-state index in [1.165, 1.54) is 7.11 Å². The van der Waals surface area contributed by atoms with Crippen LogP contribution in [0.15, 0.2) is 18.2 Å². The SMILES string of the molecule is COC(=O)c1cccc([C@@H]2CCCN2C(=O)OC(C)(C)C)c1C. The Labute approximate surface area is 137 Å². The summed E-state index contributed by atoms with van der Waals surface area (Å²) in [6.45, 7) is 8.14. The van der Waals surface area contributed by atoms with Gasteiger partial charge in [0.15, 0.2) is 0 Å². The van der Waals surface area contributed by atoms with Gasteiger partial charge in [0.1, 0.15) is 5.60 Å².